The molecule has 16 heavy (non-hydrogen) atoms. The van der Waals surface area contributed by atoms with E-state index in [0.29, 0.717) is 10.2 Å². The number of hydrogen-bond acceptors (Lipinski definition) is 4. The van der Waals surface area contributed by atoms with E-state index in [4.69, 9.17) is 11.6 Å². The predicted molar refractivity (Wildman–Crippen MR) is 63.5 cm³/mol. The minimum Gasteiger partial charge on any atom is -0.263 e. The molecule has 0 amide bonds. The summed E-state index contributed by atoms with van der Waals surface area (Å²) in [5.74, 6) is 0.321. The maximum Gasteiger partial charge on any atom is 0.272 e. The summed E-state index contributed by atoms with van der Waals surface area (Å²) in [5.41, 5.74) is 0.747. The molecule has 0 atom stereocenters. The van der Waals surface area contributed by atoms with Gasteiger partial charge >= 0.3 is 0 Å². The van der Waals surface area contributed by atoms with Crippen LogP contribution in [0, 0.1) is 6.92 Å². The number of thiophene rings is 1. The molecule has 0 fully saturated rings. The zero-order valence-corrected chi connectivity index (χ0v) is 10.6. The van der Waals surface area contributed by atoms with Gasteiger partial charge in [-0.1, -0.05) is 11.6 Å². The topological polar surface area (TPSA) is 74.8 Å². The van der Waals surface area contributed by atoms with Crippen molar-refractivity contribution in [3.05, 3.63) is 28.2 Å². The first-order chi connectivity index (χ1) is 7.49. The van der Waals surface area contributed by atoms with Crippen molar-refractivity contribution in [1.29, 1.82) is 0 Å². The van der Waals surface area contributed by atoms with Crippen LogP contribution in [0.2, 0.25) is 4.34 Å². The zero-order valence-electron chi connectivity index (χ0n) is 8.19. The van der Waals surface area contributed by atoms with Crippen LogP contribution in [0.3, 0.4) is 0 Å². The lowest BCUT2D eigenvalue weighted by molar-refractivity contribution is 0.603. The molecule has 0 saturated carbocycles. The lowest BCUT2D eigenvalue weighted by Crippen LogP contribution is -2.11. The SMILES string of the molecule is Cc1cc(S(=O)(=O)Nc2ccn[nH]2)sc1Cl. The molecule has 0 unspecified atom stereocenters. The van der Waals surface area contributed by atoms with E-state index in [0.717, 1.165) is 16.9 Å². The fourth-order valence-corrected chi connectivity index (χ4v) is 3.79. The Kier molecular flexibility index (Phi) is 2.92. The number of hydrogen-bond donors (Lipinski definition) is 2. The van der Waals surface area contributed by atoms with Gasteiger partial charge in [0.25, 0.3) is 10.0 Å². The van der Waals surface area contributed by atoms with Crippen LogP contribution in [0.25, 0.3) is 0 Å². The van der Waals surface area contributed by atoms with Crippen molar-refractivity contribution in [2.45, 2.75) is 11.1 Å². The summed E-state index contributed by atoms with van der Waals surface area (Å²) < 4.78 is 26.7. The summed E-state index contributed by atoms with van der Waals surface area (Å²) in [6, 6.07) is 3.06. The van der Waals surface area contributed by atoms with Crippen LogP contribution in [0.1, 0.15) is 5.56 Å². The minimum atomic E-state index is -3.57. The van der Waals surface area contributed by atoms with Gasteiger partial charge in [-0.15, -0.1) is 11.3 Å². The third-order valence-corrected chi connectivity index (χ3v) is 5.24. The Labute approximate surface area is 102 Å². The largest absolute Gasteiger partial charge is 0.272 e. The monoisotopic (exact) mass is 277 g/mol. The summed E-state index contributed by atoms with van der Waals surface area (Å²) in [5, 5.41) is 6.16. The van der Waals surface area contributed by atoms with Crippen molar-refractivity contribution in [2.75, 3.05) is 4.72 Å². The van der Waals surface area contributed by atoms with Crippen LogP contribution in [0.15, 0.2) is 22.5 Å². The fraction of sp³-hybridized carbons (Fsp3) is 0.125. The molecule has 0 saturated heterocycles. The van der Waals surface area contributed by atoms with E-state index in [1.807, 2.05) is 0 Å². The molecule has 8 heteroatoms. The molecule has 2 heterocycles. The molecule has 2 aromatic rings. The van der Waals surface area contributed by atoms with Crippen molar-refractivity contribution in [3.63, 3.8) is 0 Å². The Hall–Kier alpha value is -1.05. The molecule has 86 valence electrons. The van der Waals surface area contributed by atoms with Gasteiger partial charge in [-0.3, -0.25) is 9.82 Å². The van der Waals surface area contributed by atoms with E-state index in [1.54, 1.807) is 6.92 Å². The summed E-state index contributed by atoms with van der Waals surface area (Å²) in [6.45, 7) is 1.76. The number of anilines is 1. The lowest BCUT2D eigenvalue weighted by Gasteiger charge is -2.01. The number of aromatic amines is 1. The highest BCUT2D eigenvalue weighted by Gasteiger charge is 2.18. The third-order valence-electron chi connectivity index (χ3n) is 1.84. The van der Waals surface area contributed by atoms with Gasteiger partial charge in [-0.2, -0.15) is 5.10 Å². The normalized spacial score (nSPS) is 11.6. The van der Waals surface area contributed by atoms with Gasteiger partial charge in [-0.05, 0) is 18.6 Å². The van der Waals surface area contributed by atoms with Crippen LogP contribution in [0.4, 0.5) is 5.82 Å². The Morgan fingerprint density at radius 1 is 1.56 bits per heavy atom. The second kappa shape index (κ2) is 4.08. The molecule has 2 aromatic heterocycles. The van der Waals surface area contributed by atoms with Gasteiger partial charge in [0.1, 0.15) is 10.0 Å². The second-order valence-electron chi connectivity index (χ2n) is 3.10. The second-order valence-corrected chi connectivity index (χ2v) is 6.66. The highest BCUT2D eigenvalue weighted by molar-refractivity contribution is 7.94. The number of H-pyrrole nitrogens is 1. The third kappa shape index (κ3) is 2.21. The Morgan fingerprint density at radius 2 is 2.31 bits per heavy atom. The first-order valence-electron chi connectivity index (χ1n) is 4.27. The molecular formula is C8H8ClN3O2S2. The number of nitrogens with one attached hydrogen (secondary N) is 2. The van der Waals surface area contributed by atoms with Crippen LogP contribution in [0.5, 0.6) is 0 Å². The predicted octanol–water partition coefficient (Wildman–Crippen LogP) is 2.23. The number of rotatable bonds is 3. The van der Waals surface area contributed by atoms with Gasteiger partial charge in [0, 0.05) is 6.07 Å². The maximum atomic E-state index is 11.9. The van der Waals surface area contributed by atoms with Crippen LogP contribution in [-0.2, 0) is 10.0 Å². The number of halogens is 1. The average molecular weight is 278 g/mol. The van der Waals surface area contributed by atoms with E-state index < -0.39 is 10.0 Å². The van der Waals surface area contributed by atoms with Crippen LogP contribution < -0.4 is 4.72 Å². The van der Waals surface area contributed by atoms with Crippen molar-refractivity contribution in [1.82, 2.24) is 10.2 Å². The summed E-state index contributed by atoms with van der Waals surface area (Å²) >= 11 is 6.85. The summed E-state index contributed by atoms with van der Waals surface area (Å²) in [7, 11) is -3.57. The Balaban J connectivity index is 2.32. The highest BCUT2D eigenvalue weighted by Crippen LogP contribution is 2.30. The fourth-order valence-electron chi connectivity index (χ4n) is 1.07. The number of nitrogens with zero attached hydrogens (tertiary/aromatic N) is 1. The average Bonchev–Trinajstić information content (AvgIpc) is 2.78. The number of aromatic nitrogens is 2. The van der Waals surface area contributed by atoms with Crippen LogP contribution >= 0.6 is 22.9 Å². The smallest absolute Gasteiger partial charge is 0.263 e. The van der Waals surface area contributed by atoms with Crippen molar-refractivity contribution >= 4 is 38.8 Å². The molecule has 2 rings (SSSR count). The molecule has 0 aliphatic rings. The standard InChI is InChI=1S/C8H8ClN3O2S2/c1-5-4-7(15-8(5)9)16(13,14)12-6-2-3-10-11-6/h2-4H,1H3,(H2,10,11,12). The minimum absolute atomic E-state index is 0.185. The van der Waals surface area contributed by atoms with E-state index in [-0.39, 0.29) is 4.21 Å². The molecule has 0 aromatic carbocycles. The summed E-state index contributed by atoms with van der Waals surface area (Å²) in [6.07, 6.45) is 1.46. The number of sulfonamides is 1. The van der Waals surface area contributed by atoms with Gasteiger partial charge in [-0.25, -0.2) is 8.42 Å². The molecule has 0 spiro atoms. The zero-order chi connectivity index (χ0) is 11.8. The van der Waals surface area contributed by atoms with E-state index >= 15 is 0 Å². The molecular weight excluding hydrogens is 270 g/mol. The number of aryl methyl sites for hydroxylation is 1. The van der Waals surface area contributed by atoms with Crippen LogP contribution in [-0.4, -0.2) is 18.6 Å². The van der Waals surface area contributed by atoms with Gasteiger partial charge < -0.3 is 0 Å². The molecule has 0 bridgehead atoms. The van der Waals surface area contributed by atoms with E-state index in [2.05, 4.69) is 14.9 Å². The molecule has 5 nitrogen and oxygen atoms in total. The Bertz CT molecular complexity index is 569. The van der Waals surface area contributed by atoms with Crippen molar-refractivity contribution in [2.24, 2.45) is 0 Å². The van der Waals surface area contributed by atoms with Gasteiger partial charge in [0.15, 0.2) is 0 Å². The van der Waals surface area contributed by atoms with E-state index in [9.17, 15) is 8.42 Å². The quantitative estimate of drug-likeness (QED) is 0.903. The molecule has 0 aliphatic heterocycles. The molecule has 0 radical (unpaired) electrons. The lowest BCUT2D eigenvalue weighted by atomic mass is 10.4. The highest BCUT2D eigenvalue weighted by atomic mass is 35.5. The van der Waals surface area contributed by atoms with Gasteiger partial charge in [0.2, 0.25) is 0 Å². The Morgan fingerprint density at radius 3 is 2.81 bits per heavy atom. The molecule has 0 aliphatic carbocycles. The van der Waals surface area contributed by atoms with Crippen molar-refractivity contribution in [3.8, 4) is 0 Å². The maximum absolute atomic E-state index is 11.9. The first kappa shape index (κ1) is 11.4. The van der Waals surface area contributed by atoms with Crippen molar-refractivity contribution < 1.29 is 8.42 Å². The first-order valence-corrected chi connectivity index (χ1v) is 6.95. The van der Waals surface area contributed by atoms with E-state index in [1.165, 1.54) is 18.3 Å². The molecule has 2 N–H and O–H groups in total. The van der Waals surface area contributed by atoms with Gasteiger partial charge in [0.05, 0.1) is 10.5 Å². The summed E-state index contributed by atoms with van der Waals surface area (Å²) in [4.78, 5) is 0.